The monoisotopic (exact) mass is 400 g/mol. The standard InChI is InChI=1S/C15H10F6O2S2/c16-14(17,18)24-10-4-1-3-9(7-10)8-23-13-11(22)5-2-6-12(13)25-15(19,20)21/h1-7,22H,8H2. The molecule has 0 atom stereocenters. The van der Waals surface area contributed by atoms with E-state index in [9.17, 15) is 31.4 Å². The zero-order valence-electron chi connectivity index (χ0n) is 12.2. The molecule has 0 bridgehead atoms. The van der Waals surface area contributed by atoms with Crippen LogP contribution in [0.5, 0.6) is 11.5 Å². The summed E-state index contributed by atoms with van der Waals surface area (Å²) in [5.74, 6) is -0.867. The van der Waals surface area contributed by atoms with Crippen LogP contribution < -0.4 is 4.74 Å². The van der Waals surface area contributed by atoms with E-state index in [-0.39, 0.29) is 33.9 Å². The maximum absolute atomic E-state index is 12.5. The third kappa shape index (κ3) is 6.62. The van der Waals surface area contributed by atoms with Crippen LogP contribution in [0.3, 0.4) is 0 Å². The zero-order valence-corrected chi connectivity index (χ0v) is 13.8. The van der Waals surface area contributed by atoms with Gasteiger partial charge in [-0.1, -0.05) is 18.2 Å². The Kier molecular flexibility index (Phi) is 6.04. The first kappa shape index (κ1) is 19.6. The number of aromatic hydroxyl groups is 1. The minimum atomic E-state index is -4.57. The Morgan fingerprint density at radius 3 is 2.16 bits per heavy atom. The summed E-state index contributed by atoms with van der Waals surface area (Å²) in [7, 11) is 0. The molecule has 0 saturated carbocycles. The lowest BCUT2D eigenvalue weighted by Gasteiger charge is -2.14. The first-order valence-corrected chi connectivity index (χ1v) is 8.22. The predicted octanol–water partition coefficient (Wildman–Crippen LogP) is 6.20. The van der Waals surface area contributed by atoms with E-state index in [1.165, 1.54) is 30.3 Å². The zero-order chi connectivity index (χ0) is 18.7. The van der Waals surface area contributed by atoms with Crippen molar-refractivity contribution in [2.75, 3.05) is 0 Å². The fourth-order valence-electron chi connectivity index (χ4n) is 1.84. The van der Waals surface area contributed by atoms with Crippen molar-refractivity contribution >= 4 is 23.5 Å². The molecular weight excluding hydrogens is 390 g/mol. The van der Waals surface area contributed by atoms with Gasteiger partial charge in [0, 0.05) is 4.90 Å². The van der Waals surface area contributed by atoms with Crippen molar-refractivity contribution in [1.82, 2.24) is 0 Å². The van der Waals surface area contributed by atoms with Crippen molar-refractivity contribution in [2.45, 2.75) is 27.4 Å². The summed E-state index contributed by atoms with van der Waals surface area (Å²) in [6.45, 7) is -0.296. The molecule has 136 valence electrons. The Morgan fingerprint density at radius 1 is 0.880 bits per heavy atom. The first-order chi connectivity index (χ1) is 11.5. The normalized spacial score (nSPS) is 12.2. The highest BCUT2D eigenvalue weighted by atomic mass is 32.2. The van der Waals surface area contributed by atoms with E-state index in [1.54, 1.807) is 0 Å². The van der Waals surface area contributed by atoms with Gasteiger partial charge in [-0.2, -0.15) is 26.3 Å². The van der Waals surface area contributed by atoms with E-state index in [1.807, 2.05) is 0 Å². The predicted molar refractivity (Wildman–Crippen MR) is 82.7 cm³/mol. The number of benzene rings is 2. The number of halogens is 6. The minimum Gasteiger partial charge on any atom is -0.504 e. The van der Waals surface area contributed by atoms with Crippen LogP contribution in [0, 0.1) is 0 Å². The molecule has 2 aromatic carbocycles. The highest BCUT2D eigenvalue weighted by molar-refractivity contribution is 8.00. The van der Waals surface area contributed by atoms with Crippen LogP contribution in [-0.4, -0.2) is 16.1 Å². The van der Waals surface area contributed by atoms with Gasteiger partial charge in [-0.3, -0.25) is 0 Å². The fraction of sp³-hybridized carbons (Fsp3) is 0.200. The topological polar surface area (TPSA) is 29.5 Å². The van der Waals surface area contributed by atoms with Crippen molar-refractivity contribution < 1.29 is 36.2 Å². The number of rotatable bonds is 5. The lowest BCUT2D eigenvalue weighted by atomic mass is 10.2. The number of alkyl halides is 6. The van der Waals surface area contributed by atoms with E-state index >= 15 is 0 Å². The summed E-state index contributed by atoms with van der Waals surface area (Å²) in [4.78, 5) is -0.413. The first-order valence-electron chi connectivity index (χ1n) is 6.59. The molecule has 2 rings (SSSR count). The summed E-state index contributed by atoms with van der Waals surface area (Å²) in [5.41, 5.74) is -8.71. The van der Waals surface area contributed by atoms with E-state index in [0.29, 0.717) is 5.56 Å². The molecule has 0 heterocycles. The van der Waals surface area contributed by atoms with Crippen LogP contribution in [0.4, 0.5) is 26.3 Å². The molecule has 0 aliphatic carbocycles. The van der Waals surface area contributed by atoms with Crippen LogP contribution in [0.1, 0.15) is 5.56 Å². The van der Waals surface area contributed by atoms with Gasteiger partial charge in [0.1, 0.15) is 6.61 Å². The van der Waals surface area contributed by atoms with Gasteiger partial charge in [-0.15, -0.1) is 0 Å². The smallest absolute Gasteiger partial charge is 0.446 e. The number of phenolic OH excluding ortho intramolecular Hbond substituents is 1. The van der Waals surface area contributed by atoms with Gasteiger partial charge in [0.25, 0.3) is 0 Å². The van der Waals surface area contributed by atoms with Crippen molar-refractivity contribution in [3.8, 4) is 11.5 Å². The number of para-hydroxylation sites is 1. The molecule has 0 aliphatic heterocycles. The Morgan fingerprint density at radius 2 is 1.52 bits per heavy atom. The quantitative estimate of drug-likeness (QED) is 0.478. The largest absolute Gasteiger partial charge is 0.504 e. The van der Waals surface area contributed by atoms with Crippen LogP contribution in [0.25, 0.3) is 0 Å². The molecular formula is C15H10F6O2S2. The second kappa shape index (κ2) is 7.69. The van der Waals surface area contributed by atoms with Gasteiger partial charge in [-0.25, -0.2) is 0 Å². The summed E-state index contributed by atoms with van der Waals surface area (Å²) in [5, 5.41) is 9.72. The highest BCUT2D eigenvalue weighted by Crippen LogP contribution is 2.45. The second-order valence-electron chi connectivity index (χ2n) is 4.64. The molecule has 0 aromatic heterocycles. The van der Waals surface area contributed by atoms with Gasteiger partial charge in [0.2, 0.25) is 0 Å². The molecule has 10 heteroatoms. The number of thioether (sulfide) groups is 2. The van der Waals surface area contributed by atoms with Crippen LogP contribution >= 0.6 is 23.5 Å². The molecule has 25 heavy (non-hydrogen) atoms. The number of ether oxygens (including phenoxy) is 1. The third-order valence-electron chi connectivity index (χ3n) is 2.70. The van der Waals surface area contributed by atoms with Gasteiger partial charge < -0.3 is 9.84 Å². The van der Waals surface area contributed by atoms with E-state index < -0.39 is 28.5 Å². The van der Waals surface area contributed by atoms with Crippen molar-refractivity contribution in [2.24, 2.45) is 0 Å². The number of hydrogen-bond acceptors (Lipinski definition) is 4. The molecule has 2 nitrogen and oxygen atoms in total. The van der Waals surface area contributed by atoms with E-state index in [0.717, 1.165) is 12.1 Å². The van der Waals surface area contributed by atoms with Gasteiger partial charge in [0.15, 0.2) is 11.5 Å². The summed E-state index contributed by atoms with van der Waals surface area (Å²) < 4.78 is 80.0. The Balaban J connectivity index is 2.15. The molecule has 0 spiro atoms. The summed E-state index contributed by atoms with van der Waals surface area (Å²) >= 11 is -0.757. The summed E-state index contributed by atoms with van der Waals surface area (Å²) in [6, 6.07) is 8.84. The molecule has 0 amide bonds. The van der Waals surface area contributed by atoms with Crippen molar-refractivity contribution in [3.05, 3.63) is 48.0 Å². The SMILES string of the molecule is Oc1cccc(SC(F)(F)F)c1OCc1cccc(SC(F)(F)F)c1. The lowest BCUT2D eigenvalue weighted by Crippen LogP contribution is -2.03. The van der Waals surface area contributed by atoms with E-state index in [2.05, 4.69) is 0 Å². The van der Waals surface area contributed by atoms with Crippen LogP contribution in [0.2, 0.25) is 0 Å². The Hall–Kier alpha value is -1.68. The van der Waals surface area contributed by atoms with Crippen LogP contribution in [0.15, 0.2) is 52.3 Å². The van der Waals surface area contributed by atoms with Crippen LogP contribution in [-0.2, 0) is 6.61 Å². The molecule has 0 saturated heterocycles. The molecule has 0 fully saturated rings. The van der Waals surface area contributed by atoms with E-state index in [4.69, 9.17) is 4.74 Å². The molecule has 0 unspecified atom stereocenters. The van der Waals surface area contributed by atoms with Crippen molar-refractivity contribution in [3.63, 3.8) is 0 Å². The van der Waals surface area contributed by atoms with Gasteiger partial charge >= 0.3 is 11.0 Å². The molecule has 1 N–H and O–H groups in total. The Labute approximate surface area is 147 Å². The lowest BCUT2D eigenvalue weighted by molar-refractivity contribution is -0.0337. The average molecular weight is 400 g/mol. The molecule has 2 aromatic rings. The Bertz CT molecular complexity index is 731. The second-order valence-corrected chi connectivity index (χ2v) is 6.88. The number of phenols is 1. The molecule has 0 aliphatic rings. The minimum absolute atomic E-state index is 0.0734. The maximum Gasteiger partial charge on any atom is 0.446 e. The van der Waals surface area contributed by atoms with Gasteiger partial charge in [0.05, 0.1) is 4.90 Å². The maximum atomic E-state index is 12.5. The highest BCUT2D eigenvalue weighted by Gasteiger charge is 2.32. The average Bonchev–Trinajstić information content (AvgIpc) is 2.43. The molecule has 0 radical (unpaired) electrons. The third-order valence-corrected chi connectivity index (χ3v) is 4.19. The fourth-order valence-corrected chi connectivity index (χ4v) is 3.12. The number of hydrogen-bond donors (Lipinski definition) is 1. The summed E-state index contributed by atoms with van der Waals surface area (Å²) in [6.07, 6.45) is 0. The van der Waals surface area contributed by atoms with Crippen molar-refractivity contribution in [1.29, 1.82) is 0 Å². The van der Waals surface area contributed by atoms with Gasteiger partial charge in [-0.05, 0) is 53.4 Å².